The van der Waals surface area contributed by atoms with Crippen LogP contribution in [0.25, 0.3) is 22.3 Å². The molecule has 2 nitrogen and oxygen atoms in total. The molecule has 0 amide bonds. The van der Waals surface area contributed by atoms with Gasteiger partial charge in [-0.25, -0.2) is 9.18 Å². The van der Waals surface area contributed by atoms with Gasteiger partial charge in [-0.2, -0.15) is 0 Å². The fourth-order valence-corrected chi connectivity index (χ4v) is 5.38. The molecule has 3 aromatic carbocycles. The van der Waals surface area contributed by atoms with Crippen LogP contribution >= 0.6 is 0 Å². The summed E-state index contributed by atoms with van der Waals surface area (Å²) in [4.78, 5) is 12.6. The quantitative estimate of drug-likeness (QED) is 0.0831. The first-order chi connectivity index (χ1) is 19.9. The van der Waals surface area contributed by atoms with Crippen molar-refractivity contribution in [3.05, 3.63) is 78.4 Å². The predicted molar refractivity (Wildman–Crippen MR) is 172 cm³/mol. The summed E-state index contributed by atoms with van der Waals surface area (Å²) in [5, 5.41) is 0. The molecule has 222 valence electrons. The summed E-state index contributed by atoms with van der Waals surface area (Å²) in [7, 11) is 0. The zero-order valence-corrected chi connectivity index (χ0v) is 25.7. The number of carbonyl (C=O) groups is 1. The van der Waals surface area contributed by atoms with Crippen molar-refractivity contribution >= 4 is 5.97 Å². The lowest BCUT2D eigenvalue weighted by atomic mass is 9.93. The molecule has 0 radical (unpaired) electrons. The van der Waals surface area contributed by atoms with Gasteiger partial charge in [0.25, 0.3) is 0 Å². The van der Waals surface area contributed by atoms with Gasteiger partial charge in [0, 0.05) is 0 Å². The maximum absolute atomic E-state index is 15.1. The van der Waals surface area contributed by atoms with Crippen LogP contribution in [0.15, 0.2) is 72.8 Å². The highest BCUT2D eigenvalue weighted by Crippen LogP contribution is 2.33. The van der Waals surface area contributed by atoms with Crippen molar-refractivity contribution < 1.29 is 13.9 Å². The highest BCUT2D eigenvalue weighted by atomic mass is 19.1. The Kier molecular flexibility index (Phi) is 14.1. The number of ether oxygens (including phenoxy) is 1. The van der Waals surface area contributed by atoms with Crippen molar-refractivity contribution in [2.45, 2.75) is 123 Å². The Morgan fingerprint density at radius 3 is 1.63 bits per heavy atom. The van der Waals surface area contributed by atoms with E-state index in [1.54, 1.807) is 12.1 Å². The standard InChI is InChI=1S/C38H51FO2/c1-4-6-8-10-11-12-14-18-30-38(3,39)37(40)41-34-28-26-33(27-29-34)36-21-17-16-20-35(36)32-24-22-31(23-25-32)19-15-13-9-7-5-2/h16-17,20-29H,4-15,18-19,30H2,1-3H3. The average Bonchev–Trinajstić information content (AvgIpc) is 2.99. The minimum absolute atomic E-state index is 0.198. The van der Waals surface area contributed by atoms with Crippen molar-refractivity contribution in [3.8, 4) is 28.0 Å². The molecule has 0 saturated carbocycles. The van der Waals surface area contributed by atoms with Crippen LogP contribution in [0.2, 0.25) is 0 Å². The second-order valence-corrected chi connectivity index (χ2v) is 11.7. The van der Waals surface area contributed by atoms with Crippen LogP contribution in [0.5, 0.6) is 5.75 Å². The highest BCUT2D eigenvalue weighted by molar-refractivity contribution is 5.84. The van der Waals surface area contributed by atoms with E-state index in [1.807, 2.05) is 18.2 Å². The van der Waals surface area contributed by atoms with Crippen LogP contribution in [-0.4, -0.2) is 11.6 Å². The number of rotatable bonds is 19. The molecule has 3 aromatic rings. The SMILES string of the molecule is CCCCCCCCCCC(C)(F)C(=O)Oc1ccc(-c2ccccc2-c2ccc(CCCCCCC)cc2)cc1. The van der Waals surface area contributed by atoms with Crippen molar-refractivity contribution in [3.63, 3.8) is 0 Å². The number of esters is 1. The molecule has 0 aliphatic rings. The second-order valence-electron chi connectivity index (χ2n) is 11.7. The van der Waals surface area contributed by atoms with Crippen LogP contribution in [0.1, 0.15) is 116 Å². The molecule has 3 heteroatoms. The molecule has 0 heterocycles. The van der Waals surface area contributed by atoms with Gasteiger partial charge in [-0.05, 0) is 72.6 Å². The summed E-state index contributed by atoms with van der Waals surface area (Å²) >= 11 is 0. The number of hydrogen-bond acceptors (Lipinski definition) is 2. The van der Waals surface area contributed by atoms with Crippen LogP contribution in [0.3, 0.4) is 0 Å². The van der Waals surface area contributed by atoms with E-state index in [0.717, 1.165) is 36.0 Å². The molecule has 0 aromatic heterocycles. The lowest BCUT2D eigenvalue weighted by Crippen LogP contribution is -2.34. The van der Waals surface area contributed by atoms with Gasteiger partial charge in [0.2, 0.25) is 5.67 Å². The van der Waals surface area contributed by atoms with Crippen LogP contribution in [0, 0.1) is 0 Å². The Morgan fingerprint density at radius 1 is 0.634 bits per heavy atom. The molecule has 1 atom stereocenters. The summed E-state index contributed by atoms with van der Waals surface area (Å²) in [6.45, 7) is 5.81. The van der Waals surface area contributed by atoms with Gasteiger partial charge in [0.1, 0.15) is 5.75 Å². The summed E-state index contributed by atoms with van der Waals surface area (Å²) in [5.41, 5.74) is 3.89. The van der Waals surface area contributed by atoms with Crippen molar-refractivity contribution in [1.29, 1.82) is 0 Å². The van der Waals surface area contributed by atoms with Gasteiger partial charge in [-0.1, -0.05) is 145 Å². The van der Waals surface area contributed by atoms with Crippen LogP contribution < -0.4 is 4.74 Å². The Bertz CT molecular complexity index is 1150. The topological polar surface area (TPSA) is 26.3 Å². The van der Waals surface area contributed by atoms with Gasteiger partial charge in [0.15, 0.2) is 0 Å². The smallest absolute Gasteiger partial charge is 0.348 e. The van der Waals surface area contributed by atoms with Gasteiger partial charge >= 0.3 is 5.97 Å². The summed E-state index contributed by atoms with van der Waals surface area (Å²) in [5.74, 6) is -0.432. The molecule has 0 aliphatic carbocycles. The molecule has 0 bridgehead atoms. The minimum atomic E-state index is -1.98. The first-order valence-electron chi connectivity index (χ1n) is 16.1. The average molecular weight is 559 g/mol. The second kappa shape index (κ2) is 17.8. The molecular weight excluding hydrogens is 507 g/mol. The van der Waals surface area contributed by atoms with Gasteiger partial charge < -0.3 is 4.74 Å². The van der Waals surface area contributed by atoms with E-state index in [1.165, 1.54) is 82.3 Å². The fraction of sp³-hybridized carbons (Fsp3) is 0.500. The molecule has 0 N–H and O–H groups in total. The van der Waals surface area contributed by atoms with E-state index in [-0.39, 0.29) is 6.42 Å². The highest BCUT2D eigenvalue weighted by Gasteiger charge is 2.34. The largest absolute Gasteiger partial charge is 0.424 e. The van der Waals surface area contributed by atoms with Crippen molar-refractivity contribution in [2.24, 2.45) is 0 Å². The Balaban J connectivity index is 1.54. The number of halogens is 1. The Hall–Kier alpha value is -2.94. The van der Waals surface area contributed by atoms with Crippen LogP contribution in [0.4, 0.5) is 4.39 Å². The summed E-state index contributed by atoms with van der Waals surface area (Å²) in [6, 6.07) is 24.7. The van der Waals surface area contributed by atoms with E-state index in [2.05, 4.69) is 56.3 Å². The monoisotopic (exact) mass is 558 g/mol. The van der Waals surface area contributed by atoms with E-state index in [4.69, 9.17) is 4.74 Å². The third-order valence-electron chi connectivity index (χ3n) is 8.06. The van der Waals surface area contributed by atoms with E-state index in [9.17, 15) is 4.79 Å². The number of aryl methyl sites for hydroxylation is 1. The Morgan fingerprint density at radius 2 is 1.10 bits per heavy atom. The third-order valence-corrected chi connectivity index (χ3v) is 8.06. The minimum Gasteiger partial charge on any atom is -0.424 e. The number of benzene rings is 3. The number of hydrogen-bond donors (Lipinski definition) is 0. The van der Waals surface area contributed by atoms with Gasteiger partial charge in [-0.3, -0.25) is 0 Å². The number of alkyl halides is 1. The van der Waals surface area contributed by atoms with Crippen LogP contribution in [-0.2, 0) is 11.2 Å². The number of unbranched alkanes of at least 4 members (excludes halogenated alkanes) is 11. The Labute approximate surface area is 248 Å². The summed E-state index contributed by atoms with van der Waals surface area (Å²) in [6.07, 6.45) is 16.8. The predicted octanol–water partition coefficient (Wildman–Crippen LogP) is 11.7. The van der Waals surface area contributed by atoms with Gasteiger partial charge in [0.05, 0.1) is 0 Å². The lowest BCUT2D eigenvalue weighted by Gasteiger charge is -2.18. The lowest BCUT2D eigenvalue weighted by molar-refractivity contribution is -0.147. The molecule has 0 saturated heterocycles. The maximum Gasteiger partial charge on any atom is 0.348 e. The van der Waals surface area contributed by atoms with E-state index >= 15 is 4.39 Å². The normalized spacial score (nSPS) is 12.7. The zero-order valence-electron chi connectivity index (χ0n) is 25.7. The molecule has 0 spiro atoms. The molecule has 3 rings (SSSR count). The first-order valence-corrected chi connectivity index (χ1v) is 16.1. The fourth-order valence-electron chi connectivity index (χ4n) is 5.38. The number of carbonyl (C=O) groups excluding carboxylic acids is 1. The molecular formula is C38H51FO2. The van der Waals surface area contributed by atoms with Gasteiger partial charge in [-0.15, -0.1) is 0 Å². The molecule has 0 fully saturated rings. The molecule has 1 unspecified atom stereocenters. The van der Waals surface area contributed by atoms with Crippen molar-refractivity contribution in [1.82, 2.24) is 0 Å². The third kappa shape index (κ3) is 11.1. The van der Waals surface area contributed by atoms with Crippen molar-refractivity contribution in [2.75, 3.05) is 0 Å². The van der Waals surface area contributed by atoms with E-state index in [0.29, 0.717) is 12.2 Å². The molecule has 0 aliphatic heterocycles. The maximum atomic E-state index is 15.1. The summed E-state index contributed by atoms with van der Waals surface area (Å²) < 4.78 is 20.6. The molecule has 41 heavy (non-hydrogen) atoms. The van der Waals surface area contributed by atoms with E-state index < -0.39 is 11.6 Å². The first kappa shape index (κ1) is 32.6. The zero-order chi connectivity index (χ0) is 29.3.